The number of nitrogens with zero attached hydrogens (tertiary/aromatic N) is 2. The summed E-state index contributed by atoms with van der Waals surface area (Å²) < 4.78 is 23.0. The molecule has 2 amide bonds. The van der Waals surface area contributed by atoms with Crippen LogP contribution in [0.2, 0.25) is 0 Å². The van der Waals surface area contributed by atoms with E-state index in [1.807, 2.05) is 88.0 Å². The summed E-state index contributed by atoms with van der Waals surface area (Å²) in [5, 5.41) is 0. The molecule has 1 aliphatic heterocycles. The minimum absolute atomic E-state index is 0.0525. The fourth-order valence-electron chi connectivity index (χ4n) is 5.61. The van der Waals surface area contributed by atoms with Crippen molar-refractivity contribution >= 4 is 12.0 Å². The quantitative estimate of drug-likeness (QED) is 0.195. The van der Waals surface area contributed by atoms with E-state index in [0.717, 1.165) is 12.0 Å². The summed E-state index contributed by atoms with van der Waals surface area (Å²) in [6.07, 6.45) is 0.507. The SMILES string of the molecule is COc1ccc(C(=O)N(C[C@H]2CN(C(=O)OC(C)(C)C)C[C@@H]2Cc2ccccc2)C(C)C)cc1OCCOCc1ccccc1. The second-order valence-corrected chi connectivity index (χ2v) is 12.9. The lowest BCUT2D eigenvalue weighted by Crippen LogP contribution is -2.42. The van der Waals surface area contributed by atoms with Crippen molar-refractivity contribution in [1.29, 1.82) is 0 Å². The first-order valence-corrected chi connectivity index (χ1v) is 15.8. The van der Waals surface area contributed by atoms with Crippen molar-refractivity contribution < 1.29 is 28.5 Å². The molecular formula is C37H48N2O6. The van der Waals surface area contributed by atoms with Gasteiger partial charge in [-0.05, 0) is 82.2 Å². The van der Waals surface area contributed by atoms with Crippen molar-refractivity contribution in [2.75, 3.05) is 40.0 Å². The predicted molar refractivity (Wildman–Crippen MR) is 176 cm³/mol. The van der Waals surface area contributed by atoms with E-state index >= 15 is 0 Å². The van der Waals surface area contributed by atoms with E-state index in [0.29, 0.717) is 56.5 Å². The van der Waals surface area contributed by atoms with Crippen LogP contribution in [0.25, 0.3) is 0 Å². The Bertz CT molecular complexity index is 1370. The summed E-state index contributed by atoms with van der Waals surface area (Å²) in [4.78, 5) is 30.8. The maximum atomic E-state index is 14.0. The lowest BCUT2D eigenvalue weighted by atomic mass is 9.89. The molecule has 8 heteroatoms. The third kappa shape index (κ3) is 9.98. The minimum Gasteiger partial charge on any atom is -0.493 e. The van der Waals surface area contributed by atoms with Crippen molar-refractivity contribution in [3.05, 3.63) is 95.6 Å². The van der Waals surface area contributed by atoms with E-state index in [-0.39, 0.29) is 29.9 Å². The largest absolute Gasteiger partial charge is 0.493 e. The Morgan fingerprint density at radius 1 is 0.867 bits per heavy atom. The number of ether oxygens (including phenoxy) is 4. The van der Waals surface area contributed by atoms with Gasteiger partial charge in [-0.2, -0.15) is 0 Å². The lowest BCUT2D eigenvalue weighted by Gasteiger charge is -2.32. The zero-order chi connectivity index (χ0) is 32.4. The first-order chi connectivity index (χ1) is 21.5. The molecule has 0 spiro atoms. The van der Waals surface area contributed by atoms with E-state index in [2.05, 4.69) is 12.1 Å². The number of hydrogen-bond donors (Lipinski definition) is 0. The molecule has 0 aromatic heterocycles. The highest BCUT2D eigenvalue weighted by Gasteiger charge is 2.39. The van der Waals surface area contributed by atoms with Crippen LogP contribution in [0.1, 0.15) is 56.1 Å². The number of carbonyl (C=O) groups excluding carboxylic acids is 2. The van der Waals surface area contributed by atoms with Gasteiger partial charge in [-0.3, -0.25) is 4.79 Å². The van der Waals surface area contributed by atoms with Crippen LogP contribution in [-0.4, -0.2) is 73.4 Å². The van der Waals surface area contributed by atoms with Crippen LogP contribution in [0.15, 0.2) is 78.9 Å². The molecular weight excluding hydrogens is 568 g/mol. The van der Waals surface area contributed by atoms with Gasteiger partial charge in [0.15, 0.2) is 11.5 Å². The molecule has 0 aliphatic carbocycles. The molecule has 242 valence electrons. The zero-order valence-electron chi connectivity index (χ0n) is 27.5. The Kier molecular flexibility index (Phi) is 11.9. The molecule has 0 saturated carbocycles. The summed E-state index contributed by atoms with van der Waals surface area (Å²) >= 11 is 0. The molecule has 0 unspecified atom stereocenters. The van der Waals surface area contributed by atoms with Crippen LogP contribution >= 0.6 is 0 Å². The van der Waals surface area contributed by atoms with Gasteiger partial charge in [-0.15, -0.1) is 0 Å². The fraction of sp³-hybridized carbons (Fsp3) is 0.459. The van der Waals surface area contributed by atoms with Gasteiger partial charge in [0.25, 0.3) is 5.91 Å². The van der Waals surface area contributed by atoms with Crippen LogP contribution < -0.4 is 9.47 Å². The highest BCUT2D eigenvalue weighted by molar-refractivity contribution is 5.95. The van der Waals surface area contributed by atoms with Crippen LogP contribution in [0.4, 0.5) is 4.79 Å². The van der Waals surface area contributed by atoms with E-state index in [4.69, 9.17) is 18.9 Å². The van der Waals surface area contributed by atoms with Crippen LogP contribution in [0.5, 0.6) is 11.5 Å². The maximum Gasteiger partial charge on any atom is 0.410 e. The van der Waals surface area contributed by atoms with Gasteiger partial charge in [0, 0.05) is 31.2 Å². The fourth-order valence-corrected chi connectivity index (χ4v) is 5.61. The van der Waals surface area contributed by atoms with Crippen molar-refractivity contribution in [2.45, 2.75) is 59.3 Å². The average molecular weight is 617 g/mol. The van der Waals surface area contributed by atoms with Crippen molar-refractivity contribution in [3.8, 4) is 11.5 Å². The second kappa shape index (κ2) is 15.8. The number of amides is 2. The Labute approximate surface area is 268 Å². The lowest BCUT2D eigenvalue weighted by molar-refractivity contribution is 0.0282. The van der Waals surface area contributed by atoms with Crippen LogP contribution in [-0.2, 0) is 22.5 Å². The summed E-state index contributed by atoms with van der Waals surface area (Å²) in [6, 6.07) is 25.5. The van der Waals surface area contributed by atoms with Crippen LogP contribution in [0.3, 0.4) is 0 Å². The van der Waals surface area contributed by atoms with Crippen LogP contribution in [0, 0.1) is 11.8 Å². The average Bonchev–Trinajstić information content (AvgIpc) is 3.41. The number of rotatable bonds is 13. The highest BCUT2D eigenvalue weighted by Crippen LogP contribution is 2.32. The van der Waals surface area contributed by atoms with E-state index in [1.165, 1.54) is 5.56 Å². The Hall–Kier alpha value is -4.04. The molecule has 1 fully saturated rings. The van der Waals surface area contributed by atoms with Gasteiger partial charge in [-0.25, -0.2) is 4.79 Å². The normalized spacial score (nSPS) is 16.5. The number of hydrogen-bond acceptors (Lipinski definition) is 6. The molecule has 0 bridgehead atoms. The predicted octanol–water partition coefficient (Wildman–Crippen LogP) is 6.87. The number of carbonyl (C=O) groups is 2. The summed E-state index contributed by atoms with van der Waals surface area (Å²) in [5.41, 5.74) is 2.25. The molecule has 0 radical (unpaired) electrons. The van der Waals surface area contributed by atoms with Gasteiger partial charge >= 0.3 is 6.09 Å². The smallest absolute Gasteiger partial charge is 0.410 e. The molecule has 3 aromatic carbocycles. The third-order valence-electron chi connectivity index (χ3n) is 7.89. The van der Waals surface area contributed by atoms with Gasteiger partial charge in [0.2, 0.25) is 0 Å². The minimum atomic E-state index is -0.577. The van der Waals surface area contributed by atoms with Gasteiger partial charge < -0.3 is 28.7 Å². The Morgan fingerprint density at radius 3 is 2.13 bits per heavy atom. The molecule has 3 aromatic rings. The maximum absolute atomic E-state index is 14.0. The molecule has 2 atom stereocenters. The van der Waals surface area contributed by atoms with Gasteiger partial charge in [0.1, 0.15) is 12.2 Å². The van der Waals surface area contributed by atoms with E-state index in [9.17, 15) is 9.59 Å². The van der Waals surface area contributed by atoms with Gasteiger partial charge in [-0.1, -0.05) is 60.7 Å². The van der Waals surface area contributed by atoms with Crippen molar-refractivity contribution in [2.24, 2.45) is 11.8 Å². The monoisotopic (exact) mass is 616 g/mol. The Morgan fingerprint density at radius 2 is 1.51 bits per heavy atom. The summed E-state index contributed by atoms with van der Waals surface area (Å²) in [6.45, 7) is 12.5. The number of benzene rings is 3. The van der Waals surface area contributed by atoms with Crippen molar-refractivity contribution in [3.63, 3.8) is 0 Å². The molecule has 1 heterocycles. The second-order valence-electron chi connectivity index (χ2n) is 12.9. The first kappa shape index (κ1) is 33.8. The van der Waals surface area contributed by atoms with E-state index < -0.39 is 5.60 Å². The highest BCUT2D eigenvalue weighted by atomic mass is 16.6. The molecule has 1 aliphatic rings. The zero-order valence-corrected chi connectivity index (χ0v) is 27.5. The molecule has 8 nitrogen and oxygen atoms in total. The molecule has 0 N–H and O–H groups in total. The van der Waals surface area contributed by atoms with Crippen molar-refractivity contribution in [1.82, 2.24) is 9.80 Å². The Balaban J connectivity index is 1.46. The first-order valence-electron chi connectivity index (χ1n) is 15.8. The van der Waals surface area contributed by atoms with E-state index in [1.54, 1.807) is 30.2 Å². The third-order valence-corrected chi connectivity index (χ3v) is 7.89. The summed E-state index contributed by atoms with van der Waals surface area (Å²) in [5.74, 6) is 1.22. The number of methoxy groups -OCH3 is 1. The number of likely N-dealkylation sites (tertiary alicyclic amines) is 1. The topological polar surface area (TPSA) is 77.5 Å². The summed E-state index contributed by atoms with van der Waals surface area (Å²) in [7, 11) is 1.58. The molecule has 1 saturated heterocycles. The standard InChI is InChI=1S/C37H48N2O6/c1-27(2)39(25-32-24-38(36(41)45-37(3,4)5)23-31(32)21-28-13-9-7-10-14-28)35(40)30-17-18-33(42-6)34(22-30)44-20-19-43-26-29-15-11-8-12-16-29/h7-18,22,27,31-32H,19-21,23-26H2,1-6H3/t31-,32+/m0/s1. The molecule has 4 rings (SSSR count). The molecule has 45 heavy (non-hydrogen) atoms. The van der Waals surface area contributed by atoms with Gasteiger partial charge in [0.05, 0.1) is 20.3 Å².